The van der Waals surface area contributed by atoms with Gasteiger partial charge in [-0.05, 0) is 12.8 Å². The average molecular weight is 309 g/mol. The Morgan fingerprint density at radius 2 is 1.87 bits per heavy atom. The molecule has 2 aromatic rings. The lowest BCUT2D eigenvalue weighted by atomic mass is 9.88. The Kier molecular flexibility index (Phi) is 4.28. The first-order valence-corrected chi connectivity index (χ1v) is 8.69. The minimum Gasteiger partial charge on any atom is -0.294 e. The number of aromatic nitrogens is 4. The van der Waals surface area contributed by atoms with Gasteiger partial charge in [0.2, 0.25) is 0 Å². The Bertz CT molecular complexity index is 652. The first-order valence-electron chi connectivity index (χ1n) is 8.69. The summed E-state index contributed by atoms with van der Waals surface area (Å²) in [6.45, 7) is 2.86. The van der Waals surface area contributed by atoms with Gasteiger partial charge >= 0.3 is 0 Å². The first kappa shape index (κ1) is 14.7. The van der Waals surface area contributed by atoms with Crippen molar-refractivity contribution in [1.29, 1.82) is 0 Å². The van der Waals surface area contributed by atoms with Gasteiger partial charge in [0.15, 0.2) is 0 Å². The molecular weight excluding hydrogens is 286 g/mol. The third kappa shape index (κ3) is 3.39. The van der Waals surface area contributed by atoms with E-state index in [0.717, 1.165) is 37.4 Å². The second-order valence-corrected chi connectivity index (χ2v) is 6.74. The summed E-state index contributed by atoms with van der Waals surface area (Å²) in [6.07, 6.45) is 15.0. The molecule has 1 saturated carbocycles. The monoisotopic (exact) mass is 309 g/mol. The van der Waals surface area contributed by atoms with Crippen LogP contribution in [0.1, 0.15) is 60.7 Å². The van der Waals surface area contributed by atoms with E-state index in [1.165, 1.54) is 43.4 Å². The molecule has 0 spiro atoms. The Morgan fingerprint density at radius 1 is 1.04 bits per heavy atom. The van der Waals surface area contributed by atoms with Crippen molar-refractivity contribution in [2.24, 2.45) is 0 Å². The predicted molar refractivity (Wildman–Crippen MR) is 87.7 cm³/mol. The van der Waals surface area contributed by atoms with Gasteiger partial charge in [-0.25, -0.2) is 19.9 Å². The zero-order chi connectivity index (χ0) is 15.5. The Balaban J connectivity index is 1.45. The highest BCUT2D eigenvalue weighted by atomic mass is 15.1. The van der Waals surface area contributed by atoms with Gasteiger partial charge in [0.1, 0.15) is 12.2 Å². The predicted octanol–water partition coefficient (Wildman–Crippen LogP) is 2.87. The summed E-state index contributed by atoms with van der Waals surface area (Å²) >= 11 is 0. The van der Waals surface area contributed by atoms with Gasteiger partial charge in [-0.15, -0.1) is 0 Å². The zero-order valence-corrected chi connectivity index (χ0v) is 13.5. The van der Waals surface area contributed by atoms with Crippen LogP contribution < -0.4 is 0 Å². The largest absolute Gasteiger partial charge is 0.294 e. The van der Waals surface area contributed by atoms with E-state index in [1.54, 1.807) is 6.33 Å². The normalized spacial score (nSPS) is 19.5. The van der Waals surface area contributed by atoms with Crippen molar-refractivity contribution in [3.63, 3.8) is 0 Å². The number of rotatable bonds is 3. The van der Waals surface area contributed by atoms with E-state index in [-0.39, 0.29) is 0 Å². The maximum Gasteiger partial charge on any atom is 0.131 e. The van der Waals surface area contributed by atoms with Gasteiger partial charge in [0, 0.05) is 67.4 Å². The standard InChI is InChI=1S/C18H23N5/c1-2-4-15(5-3-1)18-21-10-16-12-23(7-6-17(16)22-18)11-14-8-19-13-20-9-14/h8-10,13,15H,1-7,11-12H2. The molecule has 1 fully saturated rings. The maximum atomic E-state index is 4.92. The minimum absolute atomic E-state index is 0.591. The van der Waals surface area contributed by atoms with E-state index < -0.39 is 0 Å². The molecule has 0 atom stereocenters. The third-order valence-corrected chi connectivity index (χ3v) is 5.02. The fourth-order valence-electron chi connectivity index (χ4n) is 3.75. The molecule has 0 N–H and O–H groups in total. The van der Waals surface area contributed by atoms with Gasteiger partial charge in [-0.3, -0.25) is 4.90 Å². The molecule has 2 aromatic heterocycles. The minimum atomic E-state index is 0.591. The molecule has 5 heteroatoms. The van der Waals surface area contributed by atoms with Gasteiger partial charge in [0.25, 0.3) is 0 Å². The molecule has 5 nitrogen and oxygen atoms in total. The SMILES string of the molecule is c1ncc(CN2CCc3nc(C4CCCCC4)ncc3C2)cn1. The number of hydrogen-bond acceptors (Lipinski definition) is 5. The number of nitrogens with zero attached hydrogens (tertiary/aromatic N) is 5. The highest BCUT2D eigenvalue weighted by molar-refractivity contribution is 5.22. The Morgan fingerprint density at radius 3 is 2.70 bits per heavy atom. The van der Waals surface area contributed by atoms with Crippen molar-refractivity contribution in [2.45, 2.75) is 57.5 Å². The lowest BCUT2D eigenvalue weighted by Crippen LogP contribution is -2.31. The molecule has 1 aliphatic heterocycles. The Labute approximate surface area is 137 Å². The second-order valence-electron chi connectivity index (χ2n) is 6.74. The second kappa shape index (κ2) is 6.71. The van der Waals surface area contributed by atoms with Crippen LogP contribution in [-0.4, -0.2) is 31.4 Å². The quantitative estimate of drug-likeness (QED) is 0.872. The number of hydrogen-bond donors (Lipinski definition) is 0. The molecule has 0 aromatic carbocycles. The summed E-state index contributed by atoms with van der Waals surface area (Å²) < 4.78 is 0. The fraction of sp³-hybridized carbons (Fsp3) is 0.556. The third-order valence-electron chi connectivity index (χ3n) is 5.02. The molecular formula is C18H23N5. The Hall–Kier alpha value is -1.88. The summed E-state index contributed by atoms with van der Waals surface area (Å²) in [5, 5.41) is 0. The van der Waals surface area contributed by atoms with Crippen LogP contribution >= 0.6 is 0 Å². The molecule has 23 heavy (non-hydrogen) atoms. The van der Waals surface area contributed by atoms with Gasteiger partial charge in [0.05, 0.1) is 0 Å². The van der Waals surface area contributed by atoms with Crippen molar-refractivity contribution >= 4 is 0 Å². The highest BCUT2D eigenvalue weighted by Crippen LogP contribution is 2.31. The highest BCUT2D eigenvalue weighted by Gasteiger charge is 2.22. The van der Waals surface area contributed by atoms with Crippen LogP contribution in [0, 0.1) is 0 Å². The first-order chi connectivity index (χ1) is 11.4. The molecule has 0 unspecified atom stereocenters. The van der Waals surface area contributed by atoms with Crippen molar-refractivity contribution in [1.82, 2.24) is 24.8 Å². The summed E-state index contributed by atoms with van der Waals surface area (Å²) in [6, 6.07) is 0. The van der Waals surface area contributed by atoms with Gasteiger partial charge in [-0.1, -0.05) is 19.3 Å². The van der Waals surface area contributed by atoms with E-state index in [0.29, 0.717) is 5.92 Å². The molecule has 0 saturated heterocycles. The van der Waals surface area contributed by atoms with E-state index in [9.17, 15) is 0 Å². The summed E-state index contributed by atoms with van der Waals surface area (Å²) in [5.74, 6) is 1.68. The van der Waals surface area contributed by atoms with Crippen LogP contribution in [0.3, 0.4) is 0 Å². The molecule has 3 heterocycles. The van der Waals surface area contributed by atoms with Crippen LogP contribution in [0.5, 0.6) is 0 Å². The van der Waals surface area contributed by atoms with Crippen molar-refractivity contribution < 1.29 is 0 Å². The van der Waals surface area contributed by atoms with Gasteiger partial charge in [-0.2, -0.15) is 0 Å². The van der Waals surface area contributed by atoms with Crippen LogP contribution in [0.15, 0.2) is 24.9 Å². The van der Waals surface area contributed by atoms with Crippen molar-refractivity contribution in [3.8, 4) is 0 Å². The van der Waals surface area contributed by atoms with Gasteiger partial charge < -0.3 is 0 Å². The smallest absolute Gasteiger partial charge is 0.131 e. The summed E-state index contributed by atoms with van der Waals surface area (Å²) in [4.78, 5) is 20.2. The molecule has 0 amide bonds. The lowest BCUT2D eigenvalue weighted by molar-refractivity contribution is 0.241. The molecule has 120 valence electrons. The van der Waals surface area contributed by atoms with Crippen LogP contribution in [0.25, 0.3) is 0 Å². The molecule has 1 aliphatic carbocycles. The van der Waals surface area contributed by atoms with Crippen LogP contribution in [0.2, 0.25) is 0 Å². The van der Waals surface area contributed by atoms with E-state index in [2.05, 4.69) is 21.1 Å². The average Bonchev–Trinajstić information content (AvgIpc) is 2.63. The maximum absolute atomic E-state index is 4.92. The van der Waals surface area contributed by atoms with E-state index >= 15 is 0 Å². The molecule has 0 bridgehead atoms. The zero-order valence-electron chi connectivity index (χ0n) is 13.5. The summed E-state index contributed by atoms with van der Waals surface area (Å²) in [7, 11) is 0. The van der Waals surface area contributed by atoms with Crippen molar-refractivity contribution in [3.05, 3.63) is 47.6 Å². The molecule has 2 aliphatic rings. The van der Waals surface area contributed by atoms with Crippen LogP contribution in [0.4, 0.5) is 0 Å². The lowest BCUT2D eigenvalue weighted by Gasteiger charge is -2.28. The molecule has 4 rings (SSSR count). The summed E-state index contributed by atoms with van der Waals surface area (Å²) in [5.41, 5.74) is 3.71. The van der Waals surface area contributed by atoms with E-state index in [1.807, 2.05) is 12.4 Å². The topological polar surface area (TPSA) is 54.8 Å². The number of fused-ring (bicyclic) bond motifs is 1. The van der Waals surface area contributed by atoms with Crippen LogP contribution in [-0.2, 0) is 19.5 Å². The van der Waals surface area contributed by atoms with Crippen molar-refractivity contribution in [2.75, 3.05) is 6.54 Å². The molecule has 0 radical (unpaired) electrons. The van der Waals surface area contributed by atoms with E-state index in [4.69, 9.17) is 9.97 Å². The fourth-order valence-corrected chi connectivity index (χ4v) is 3.75.